The van der Waals surface area contributed by atoms with Crippen molar-refractivity contribution in [1.29, 1.82) is 0 Å². The number of anilines is 1. The highest BCUT2D eigenvalue weighted by molar-refractivity contribution is 7.89. The van der Waals surface area contributed by atoms with Crippen molar-refractivity contribution in [3.63, 3.8) is 0 Å². The van der Waals surface area contributed by atoms with Gasteiger partial charge in [0.2, 0.25) is 10.0 Å². The molecule has 3 N–H and O–H groups in total. The summed E-state index contributed by atoms with van der Waals surface area (Å²) in [5, 5.41) is 3.79. The first-order chi connectivity index (χ1) is 7.99. The second-order valence-electron chi connectivity index (χ2n) is 3.34. The predicted molar refractivity (Wildman–Crippen MR) is 63.8 cm³/mol. The summed E-state index contributed by atoms with van der Waals surface area (Å²) in [6, 6.07) is 0. The van der Waals surface area contributed by atoms with E-state index in [9.17, 15) is 8.42 Å². The lowest BCUT2D eigenvalue weighted by atomic mass is 10.6. The van der Waals surface area contributed by atoms with E-state index in [1.165, 1.54) is 22.2 Å². The molecule has 0 aliphatic carbocycles. The SMILES string of the molecule is Cn1cc(S(=O)(=O)NCc2cncs2)c(N)n1. The van der Waals surface area contributed by atoms with Crippen LogP contribution in [0.1, 0.15) is 4.88 Å². The van der Waals surface area contributed by atoms with Crippen molar-refractivity contribution in [2.75, 3.05) is 5.73 Å². The first-order valence-electron chi connectivity index (χ1n) is 4.65. The molecule has 2 aromatic heterocycles. The third-order valence-corrected chi connectivity index (χ3v) is 4.23. The normalized spacial score (nSPS) is 11.8. The molecule has 0 aliphatic heterocycles. The molecule has 0 saturated heterocycles. The van der Waals surface area contributed by atoms with Crippen LogP contribution in [0.2, 0.25) is 0 Å². The van der Waals surface area contributed by atoms with Crippen molar-refractivity contribution >= 4 is 27.2 Å². The smallest absolute Gasteiger partial charge is 0.246 e. The lowest BCUT2D eigenvalue weighted by Crippen LogP contribution is -2.23. The number of nitrogens with two attached hydrogens (primary N) is 1. The minimum atomic E-state index is -3.63. The van der Waals surface area contributed by atoms with Gasteiger partial charge in [-0.3, -0.25) is 9.67 Å². The van der Waals surface area contributed by atoms with Gasteiger partial charge >= 0.3 is 0 Å². The van der Waals surface area contributed by atoms with E-state index in [0.29, 0.717) is 0 Å². The Kier molecular flexibility index (Phi) is 3.13. The van der Waals surface area contributed by atoms with E-state index >= 15 is 0 Å². The van der Waals surface area contributed by atoms with Crippen LogP contribution in [0.25, 0.3) is 0 Å². The summed E-state index contributed by atoms with van der Waals surface area (Å²) < 4.78 is 27.6. The number of aryl methyl sites for hydroxylation is 1. The van der Waals surface area contributed by atoms with E-state index < -0.39 is 10.0 Å². The summed E-state index contributed by atoms with van der Waals surface area (Å²) in [6.07, 6.45) is 2.98. The fraction of sp³-hybridized carbons (Fsp3) is 0.250. The zero-order chi connectivity index (χ0) is 12.5. The van der Waals surface area contributed by atoms with Crippen molar-refractivity contribution in [3.8, 4) is 0 Å². The number of aromatic nitrogens is 3. The highest BCUT2D eigenvalue weighted by atomic mass is 32.2. The van der Waals surface area contributed by atoms with E-state index in [1.54, 1.807) is 18.8 Å². The molecule has 0 spiro atoms. The van der Waals surface area contributed by atoms with Crippen molar-refractivity contribution in [2.24, 2.45) is 7.05 Å². The van der Waals surface area contributed by atoms with Gasteiger partial charge in [-0.25, -0.2) is 13.1 Å². The number of nitrogens with zero attached hydrogens (tertiary/aromatic N) is 3. The van der Waals surface area contributed by atoms with Crippen LogP contribution < -0.4 is 10.5 Å². The molecular weight excluding hydrogens is 262 g/mol. The number of nitrogens with one attached hydrogen (secondary N) is 1. The number of hydrogen-bond donors (Lipinski definition) is 2. The average Bonchev–Trinajstić information content (AvgIpc) is 2.85. The van der Waals surface area contributed by atoms with Crippen molar-refractivity contribution < 1.29 is 8.42 Å². The fourth-order valence-corrected chi connectivity index (χ4v) is 3.00. The molecule has 0 fully saturated rings. The summed E-state index contributed by atoms with van der Waals surface area (Å²) in [5.41, 5.74) is 7.16. The minimum absolute atomic E-state index is 0.00971. The van der Waals surface area contributed by atoms with Crippen LogP contribution >= 0.6 is 11.3 Å². The lowest BCUT2D eigenvalue weighted by Gasteiger charge is -2.03. The summed E-state index contributed by atoms with van der Waals surface area (Å²) in [5.74, 6) is -0.00990. The van der Waals surface area contributed by atoms with Crippen LogP contribution in [-0.2, 0) is 23.6 Å². The van der Waals surface area contributed by atoms with Gasteiger partial charge in [-0.2, -0.15) is 5.10 Å². The molecular formula is C8H11N5O2S2. The van der Waals surface area contributed by atoms with Crippen LogP contribution in [0.3, 0.4) is 0 Å². The Hall–Kier alpha value is -1.45. The Morgan fingerprint density at radius 2 is 2.35 bits per heavy atom. The topological polar surface area (TPSA) is 103 Å². The Morgan fingerprint density at radius 3 is 2.88 bits per heavy atom. The summed E-state index contributed by atoms with van der Waals surface area (Å²) in [7, 11) is -2.02. The molecule has 17 heavy (non-hydrogen) atoms. The van der Waals surface area contributed by atoms with Gasteiger partial charge in [0.25, 0.3) is 0 Å². The second-order valence-corrected chi connectivity index (χ2v) is 6.05. The molecule has 0 radical (unpaired) electrons. The molecule has 2 aromatic rings. The third kappa shape index (κ3) is 2.62. The van der Waals surface area contributed by atoms with Gasteiger partial charge in [0, 0.05) is 30.9 Å². The van der Waals surface area contributed by atoms with E-state index in [2.05, 4.69) is 14.8 Å². The van der Waals surface area contributed by atoms with Crippen molar-refractivity contribution in [2.45, 2.75) is 11.4 Å². The molecule has 0 saturated carbocycles. The molecule has 0 bridgehead atoms. The Labute approximate surface area is 102 Å². The number of rotatable bonds is 4. The van der Waals surface area contributed by atoms with Gasteiger partial charge in [0.15, 0.2) is 5.82 Å². The highest BCUT2D eigenvalue weighted by Crippen LogP contribution is 2.16. The van der Waals surface area contributed by atoms with Gasteiger partial charge in [0.1, 0.15) is 4.90 Å². The monoisotopic (exact) mass is 273 g/mol. The summed E-state index contributed by atoms with van der Waals surface area (Å²) >= 11 is 1.38. The van der Waals surface area contributed by atoms with Gasteiger partial charge in [0.05, 0.1) is 5.51 Å². The van der Waals surface area contributed by atoms with E-state index in [-0.39, 0.29) is 17.3 Å². The quantitative estimate of drug-likeness (QED) is 0.812. The maximum Gasteiger partial charge on any atom is 0.246 e. The molecule has 0 atom stereocenters. The zero-order valence-electron chi connectivity index (χ0n) is 8.99. The first-order valence-corrected chi connectivity index (χ1v) is 7.01. The van der Waals surface area contributed by atoms with Crippen LogP contribution in [0.15, 0.2) is 22.8 Å². The molecule has 2 rings (SSSR count). The Morgan fingerprint density at radius 1 is 1.59 bits per heavy atom. The summed E-state index contributed by atoms with van der Waals surface area (Å²) in [6.45, 7) is 0.196. The minimum Gasteiger partial charge on any atom is -0.381 e. The molecule has 92 valence electrons. The molecule has 2 heterocycles. The number of hydrogen-bond acceptors (Lipinski definition) is 6. The third-order valence-electron chi connectivity index (χ3n) is 2.03. The standard InChI is InChI=1S/C8H11N5O2S2/c1-13-4-7(8(9)12-13)17(14,15)11-3-6-2-10-5-16-6/h2,4-5,11H,3H2,1H3,(H2,9,12). The molecule has 0 amide bonds. The number of sulfonamides is 1. The van der Waals surface area contributed by atoms with Gasteiger partial charge in [-0.05, 0) is 0 Å². The zero-order valence-corrected chi connectivity index (χ0v) is 10.6. The molecule has 7 nitrogen and oxygen atoms in total. The second kappa shape index (κ2) is 4.43. The van der Waals surface area contributed by atoms with E-state index in [0.717, 1.165) is 4.88 Å². The lowest BCUT2D eigenvalue weighted by molar-refractivity contribution is 0.582. The maximum atomic E-state index is 11.9. The average molecular weight is 273 g/mol. The van der Waals surface area contributed by atoms with Crippen LogP contribution in [0.5, 0.6) is 0 Å². The molecule has 9 heteroatoms. The number of nitrogen functional groups attached to an aromatic ring is 1. The molecule has 0 aromatic carbocycles. The largest absolute Gasteiger partial charge is 0.381 e. The Bertz CT molecular complexity index is 602. The van der Waals surface area contributed by atoms with Crippen LogP contribution in [0, 0.1) is 0 Å². The maximum absolute atomic E-state index is 11.9. The van der Waals surface area contributed by atoms with E-state index in [4.69, 9.17) is 5.73 Å². The van der Waals surface area contributed by atoms with Crippen LogP contribution in [-0.4, -0.2) is 23.2 Å². The van der Waals surface area contributed by atoms with Gasteiger partial charge in [-0.15, -0.1) is 11.3 Å². The fourth-order valence-electron chi connectivity index (χ4n) is 1.26. The van der Waals surface area contributed by atoms with Crippen molar-refractivity contribution in [3.05, 3.63) is 22.8 Å². The molecule has 0 aliphatic rings. The first kappa shape index (κ1) is 12.0. The van der Waals surface area contributed by atoms with E-state index in [1.807, 2.05) is 0 Å². The highest BCUT2D eigenvalue weighted by Gasteiger charge is 2.20. The number of thiazole rings is 1. The predicted octanol–water partition coefficient (Wildman–Crippen LogP) is -0.0627. The van der Waals surface area contributed by atoms with Gasteiger partial charge < -0.3 is 5.73 Å². The van der Waals surface area contributed by atoms with Crippen LogP contribution in [0.4, 0.5) is 5.82 Å². The summed E-state index contributed by atoms with van der Waals surface area (Å²) in [4.78, 5) is 4.68. The Balaban J connectivity index is 2.17. The van der Waals surface area contributed by atoms with Gasteiger partial charge in [-0.1, -0.05) is 0 Å². The molecule has 0 unspecified atom stereocenters. The van der Waals surface area contributed by atoms with Crippen molar-refractivity contribution in [1.82, 2.24) is 19.5 Å².